The highest BCUT2D eigenvalue weighted by Gasteiger charge is 2.27. The smallest absolute Gasteiger partial charge is 0.305 e. The van der Waals surface area contributed by atoms with E-state index in [0.717, 1.165) is 5.56 Å². The van der Waals surface area contributed by atoms with Crippen molar-refractivity contribution in [1.82, 2.24) is 19.7 Å². The number of H-pyrrole nitrogens is 1. The van der Waals surface area contributed by atoms with E-state index in [1.165, 1.54) is 10.9 Å². The molecule has 1 atom stereocenters. The predicted octanol–water partition coefficient (Wildman–Crippen LogP) is 2.76. The summed E-state index contributed by atoms with van der Waals surface area (Å²) >= 11 is 0. The fourth-order valence-electron chi connectivity index (χ4n) is 3.05. The van der Waals surface area contributed by atoms with Gasteiger partial charge in [0, 0.05) is 36.5 Å². The number of hydrogen-bond acceptors (Lipinski definition) is 7. The summed E-state index contributed by atoms with van der Waals surface area (Å²) in [6.07, 6.45) is 4.57. The Morgan fingerprint density at radius 3 is 2.42 bits per heavy atom. The molecule has 10 heteroatoms. The van der Waals surface area contributed by atoms with Gasteiger partial charge in [0.05, 0.1) is 18.5 Å². The Morgan fingerprint density at radius 1 is 1.19 bits per heavy atom. The Labute approximate surface area is 180 Å². The van der Waals surface area contributed by atoms with E-state index in [2.05, 4.69) is 15.1 Å². The molecule has 2 aromatic heterocycles. The number of nitrogens with zero attached hydrogens (tertiary/aromatic N) is 3. The van der Waals surface area contributed by atoms with Crippen LogP contribution >= 0.6 is 7.60 Å². The molecule has 3 aromatic rings. The van der Waals surface area contributed by atoms with Crippen LogP contribution in [0, 0.1) is 0 Å². The molecule has 1 N–H and O–H groups in total. The van der Waals surface area contributed by atoms with Gasteiger partial charge in [-0.15, -0.1) is 0 Å². The SMILES string of the molecule is CCOP(=O)(OCC)c1ccc(C(C)C(=O)Cc2cnc(-n3cccn3)[nH]c2=O)cc1. The summed E-state index contributed by atoms with van der Waals surface area (Å²) in [7, 11) is -3.38. The van der Waals surface area contributed by atoms with Gasteiger partial charge in [-0.3, -0.25) is 19.1 Å². The topological polar surface area (TPSA) is 116 Å². The maximum atomic E-state index is 12.9. The zero-order valence-electron chi connectivity index (χ0n) is 17.6. The Morgan fingerprint density at radius 2 is 1.87 bits per heavy atom. The van der Waals surface area contributed by atoms with E-state index in [9.17, 15) is 14.2 Å². The second-order valence-corrected chi connectivity index (χ2v) is 8.83. The van der Waals surface area contributed by atoms with E-state index in [0.29, 0.717) is 5.30 Å². The summed E-state index contributed by atoms with van der Waals surface area (Å²) in [5, 5.41) is 4.45. The Kier molecular flexibility index (Phi) is 7.33. The maximum Gasteiger partial charge on any atom is 0.361 e. The van der Waals surface area contributed by atoms with Crippen molar-refractivity contribution in [2.24, 2.45) is 0 Å². The molecule has 0 saturated carbocycles. The fourth-order valence-corrected chi connectivity index (χ4v) is 4.61. The van der Waals surface area contributed by atoms with Gasteiger partial charge < -0.3 is 9.05 Å². The zero-order valence-corrected chi connectivity index (χ0v) is 18.5. The van der Waals surface area contributed by atoms with Gasteiger partial charge in [0.15, 0.2) is 0 Å². The third-order valence-corrected chi connectivity index (χ3v) is 6.86. The number of aromatic nitrogens is 4. The molecular formula is C21H25N4O5P. The third kappa shape index (κ3) is 5.25. The molecule has 1 unspecified atom stereocenters. The van der Waals surface area contributed by atoms with Gasteiger partial charge in [0.25, 0.3) is 5.56 Å². The van der Waals surface area contributed by atoms with E-state index >= 15 is 0 Å². The quantitative estimate of drug-likeness (QED) is 0.478. The largest absolute Gasteiger partial charge is 0.361 e. The maximum absolute atomic E-state index is 12.9. The van der Waals surface area contributed by atoms with E-state index in [4.69, 9.17) is 9.05 Å². The summed E-state index contributed by atoms with van der Waals surface area (Å²) < 4.78 is 25.0. The molecule has 0 aliphatic rings. The first kappa shape index (κ1) is 22.8. The molecule has 0 aliphatic heterocycles. The molecule has 1 aromatic carbocycles. The average Bonchev–Trinajstić information content (AvgIpc) is 3.30. The molecule has 0 saturated heterocycles. The van der Waals surface area contributed by atoms with Crippen molar-refractivity contribution in [3.63, 3.8) is 0 Å². The van der Waals surface area contributed by atoms with Crippen LogP contribution in [0.25, 0.3) is 5.95 Å². The molecule has 0 fully saturated rings. The van der Waals surface area contributed by atoms with Crippen LogP contribution in [0.1, 0.15) is 37.8 Å². The number of rotatable bonds is 10. The van der Waals surface area contributed by atoms with Crippen LogP contribution in [0.3, 0.4) is 0 Å². The molecule has 9 nitrogen and oxygen atoms in total. The summed E-state index contributed by atoms with van der Waals surface area (Å²) in [6, 6.07) is 8.47. The van der Waals surface area contributed by atoms with Crippen LogP contribution in [0.4, 0.5) is 0 Å². The van der Waals surface area contributed by atoms with Crippen LogP contribution in [0.5, 0.6) is 0 Å². The summed E-state index contributed by atoms with van der Waals surface area (Å²) in [5.41, 5.74) is 0.637. The van der Waals surface area contributed by atoms with E-state index in [-0.39, 0.29) is 42.5 Å². The van der Waals surface area contributed by atoms with Gasteiger partial charge >= 0.3 is 7.60 Å². The van der Waals surface area contributed by atoms with Gasteiger partial charge in [-0.05, 0) is 37.6 Å². The van der Waals surface area contributed by atoms with Crippen molar-refractivity contribution in [3.05, 3.63) is 70.4 Å². The predicted molar refractivity (Wildman–Crippen MR) is 116 cm³/mol. The number of nitrogens with one attached hydrogen (secondary N) is 1. The van der Waals surface area contributed by atoms with Crippen molar-refractivity contribution >= 4 is 18.7 Å². The van der Waals surface area contributed by atoms with Crippen molar-refractivity contribution in [2.45, 2.75) is 33.1 Å². The van der Waals surface area contributed by atoms with Crippen LogP contribution in [-0.2, 0) is 24.8 Å². The first-order valence-corrected chi connectivity index (χ1v) is 11.5. The number of aromatic amines is 1. The second kappa shape index (κ2) is 9.96. The highest BCUT2D eigenvalue weighted by molar-refractivity contribution is 7.62. The number of hydrogen-bond donors (Lipinski definition) is 1. The lowest BCUT2D eigenvalue weighted by Gasteiger charge is -2.18. The normalized spacial score (nSPS) is 12.6. The minimum atomic E-state index is -3.38. The van der Waals surface area contributed by atoms with Crippen LogP contribution in [0.2, 0.25) is 0 Å². The number of carbonyl (C=O) groups excluding carboxylic acids is 1. The second-order valence-electron chi connectivity index (χ2n) is 6.80. The Hall–Kier alpha value is -2.87. The first-order chi connectivity index (χ1) is 14.9. The fraction of sp³-hybridized carbons (Fsp3) is 0.333. The van der Waals surface area contributed by atoms with E-state index in [1.54, 1.807) is 63.5 Å². The third-order valence-electron chi connectivity index (χ3n) is 4.74. The molecule has 0 bridgehead atoms. The molecule has 0 amide bonds. The zero-order chi connectivity index (χ0) is 22.4. The van der Waals surface area contributed by atoms with Gasteiger partial charge in [-0.25, -0.2) is 9.67 Å². The lowest BCUT2D eigenvalue weighted by atomic mass is 9.93. The summed E-state index contributed by atoms with van der Waals surface area (Å²) in [6.45, 7) is 5.78. The van der Waals surface area contributed by atoms with Gasteiger partial charge in [0.2, 0.25) is 5.95 Å². The molecule has 0 spiro atoms. The molecule has 31 heavy (non-hydrogen) atoms. The molecule has 0 aliphatic carbocycles. The van der Waals surface area contributed by atoms with Crippen molar-refractivity contribution < 1.29 is 18.4 Å². The standard InChI is InChI=1S/C21H25N4O5P/c1-4-29-31(28,30-5-2)18-9-7-16(8-10-18)15(3)19(26)13-17-14-22-21(24-20(17)27)25-12-6-11-23-25/h6-12,14-15H,4-5,13H2,1-3H3,(H,22,24,27). The highest BCUT2D eigenvalue weighted by atomic mass is 31.2. The molecule has 3 rings (SSSR count). The lowest BCUT2D eigenvalue weighted by molar-refractivity contribution is -0.119. The minimum absolute atomic E-state index is 0.0545. The Balaban J connectivity index is 1.73. The van der Waals surface area contributed by atoms with Crippen LogP contribution < -0.4 is 10.9 Å². The monoisotopic (exact) mass is 444 g/mol. The van der Waals surface area contributed by atoms with Crippen molar-refractivity contribution in [3.8, 4) is 5.95 Å². The Bertz CT molecular complexity index is 1120. The summed E-state index contributed by atoms with van der Waals surface area (Å²) in [4.78, 5) is 31.9. The minimum Gasteiger partial charge on any atom is -0.305 e. The average molecular weight is 444 g/mol. The summed E-state index contributed by atoms with van der Waals surface area (Å²) in [5.74, 6) is -0.314. The number of Topliss-reactive ketones (excluding diaryl/α,β-unsaturated/α-hetero) is 1. The van der Waals surface area contributed by atoms with E-state index < -0.39 is 13.5 Å². The number of carbonyl (C=O) groups is 1. The van der Waals surface area contributed by atoms with Gasteiger partial charge in [-0.2, -0.15) is 5.10 Å². The first-order valence-electron chi connectivity index (χ1n) is 9.98. The van der Waals surface area contributed by atoms with E-state index in [1.807, 2.05) is 0 Å². The lowest BCUT2D eigenvalue weighted by Crippen LogP contribution is -2.22. The van der Waals surface area contributed by atoms with Crippen LogP contribution in [-0.4, -0.2) is 38.7 Å². The van der Waals surface area contributed by atoms with Crippen molar-refractivity contribution in [2.75, 3.05) is 13.2 Å². The van der Waals surface area contributed by atoms with Crippen molar-refractivity contribution in [1.29, 1.82) is 0 Å². The number of benzene rings is 1. The van der Waals surface area contributed by atoms with Gasteiger partial charge in [0.1, 0.15) is 5.78 Å². The van der Waals surface area contributed by atoms with Crippen LogP contribution in [0.15, 0.2) is 53.7 Å². The molecule has 164 valence electrons. The molecular weight excluding hydrogens is 419 g/mol. The number of ketones is 1. The molecule has 2 heterocycles. The highest BCUT2D eigenvalue weighted by Crippen LogP contribution is 2.46. The van der Waals surface area contributed by atoms with Gasteiger partial charge in [-0.1, -0.05) is 19.1 Å². The molecule has 0 radical (unpaired) electrons.